The molecule has 1 aromatic rings. The number of hydrogen-bond donors (Lipinski definition) is 2. The second kappa shape index (κ2) is 6.51. The van der Waals surface area contributed by atoms with E-state index in [0.29, 0.717) is 0 Å². The summed E-state index contributed by atoms with van der Waals surface area (Å²) in [5.74, 6) is -6.96. The van der Waals surface area contributed by atoms with Crippen LogP contribution in [-0.2, 0) is 14.8 Å². The average molecular weight is 342 g/mol. The summed E-state index contributed by atoms with van der Waals surface area (Å²) < 4.78 is 74.7. The number of amides is 1. The Labute approximate surface area is 124 Å². The molecule has 124 valence electrons. The van der Waals surface area contributed by atoms with E-state index in [1.165, 1.54) is 31.2 Å². The summed E-state index contributed by atoms with van der Waals surface area (Å²) in [7, 11) is -3.63. The van der Waals surface area contributed by atoms with Crippen molar-refractivity contribution in [2.24, 2.45) is 0 Å². The minimum Gasteiger partial charge on any atom is -0.344 e. The molecule has 0 saturated heterocycles. The van der Waals surface area contributed by atoms with E-state index in [-0.39, 0.29) is 11.3 Å². The minimum atomic E-state index is -4.83. The normalized spacial score (nSPS) is 13.8. The molecule has 22 heavy (non-hydrogen) atoms. The molecule has 5 nitrogen and oxygen atoms in total. The van der Waals surface area contributed by atoms with E-state index in [1.807, 2.05) is 0 Å². The van der Waals surface area contributed by atoms with Crippen molar-refractivity contribution in [2.45, 2.75) is 25.3 Å². The Hall–Kier alpha value is -1.84. The van der Waals surface area contributed by atoms with Crippen LogP contribution in [-0.4, -0.2) is 32.9 Å². The fraction of sp³-hybridized carbons (Fsp3) is 0.417. The van der Waals surface area contributed by atoms with E-state index in [4.69, 9.17) is 0 Å². The highest BCUT2D eigenvalue weighted by Crippen LogP contribution is 2.27. The number of benzene rings is 1. The van der Waals surface area contributed by atoms with Gasteiger partial charge >= 0.3 is 12.3 Å². The number of anilines is 1. The predicted octanol–water partition coefficient (Wildman–Crippen LogP) is 2.14. The summed E-state index contributed by atoms with van der Waals surface area (Å²) in [6.07, 6.45) is -3.25. The number of halogens is 4. The third-order valence-corrected chi connectivity index (χ3v) is 3.24. The van der Waals surface area contributed by atoms with Gasteiger partial charge in [0.2, 0.25) is 10.0 Å². The molecule has 0 aliphatic rings. The van der Waals surface area contributed by atoms with Crippen molar-refractivity contribution in [3.05, 3.63) is 29.8 Å². The number of sulfonamides is 1. The van der Waals surface area contributed by atoms with E-state index in [9.17, 15) is 30.8 Å². The second-order valence-corrected chi connectivity index (χ2v) is 6.33. The van der Waals surface area contributed by atoms with Gasteiger partial charge in [-0.1, -0.05) is 18.2 Å². The lowest BCUT2D eigenvalue weighted by molar-refractivity contribution is -0.170. The van der Waals surface area contributed by atoms with Gasteiger partial charge in [0.25, 0.3) is 5.91 Å². The highest BCUT2D eigenvalue weighted by Gasteiger charge is 2.49. The topological polar surface area (TPSA) is 75.3 Å². The molecule has 0 saturated carbocycles. The largest absolute Gasteiger partial charge is 0.383 e. The third-order valence-electron chi connectivity index (χ3n) is 2.65. The first-order valence-electron chi connectivity index (χ1n) is 5.98. The fourth-order valence-corrected chi connectivity index (χ4v) is 2.22. The smallest absolute Gasteiger partial charge is 0.344 e. The highest BCUT2D eigenvalue weighted by molar-refractivity contribution is 7.92. The van der Waals surface area contributed by atoms with Crippen molar-refractivity contribution in [1.29, 1.82) is 0 Å². The summed E-state index contributed by atoms with van der Waals surface area (Å²) in [5, 5.41) is 1.74. The third kappa shape index (κ3) is 4.58. The zero-order chi connectivity index (χ0) is 17.1. The quantitative estimate of drug-likeness (QED) is 0.778. The summed E-state index contributed by atoms with van der Waals surface area (Å²) >= 11 is 0. The molecule has 1 atom stereocenters. The molecule has 0 aliphatic heterocycles. The Morgan fingerprint density at radius 2 is 1.77 bits per heavy atom. The van der Waals surface area contributed by atoms with E-state index in [1.54, 1.807) is 5.32 Å². The van der Waals surface area contributed by atoms with E-state index in [2.05, 4.69) is 4.72 Å². The lowest BCUT2D eigenvalue weighted by Gasteiger charge is -2.21. The van der Waals surface area contributed by atoms with Crippen LogP contribution in [0.4, 0.5) is 23.2 Å². The Bertz CT molecular complexity index is 650. The van der Waals surface area contributed by atoms with E-state index < -0.39 is 34.3 Å². The molecule has 1 amide bonds. The van der Waals surface area contributed by atoms with Gasteiger partial charge in [0.1, 0.15) is 0 Å². The first-order chi connectivity index (χ1) is 9.95. The molecule has 0 aromatic heterocycles. The number of rotatable bonds is 6. The molecule has 2 N–H and O–H groups in total. The summed E-state index contributed by atoms with van der Waals surface area (Å²) in [6.45, 7) is 1.27. The van der Waals surface area contributed by atoms with Crippen molar-refractivity contribution >= 4 is 21.6 Å². The number of carbonyl (C=O) groups is 1. The van der Waals surface area contributed by atoms with Gasteiger partial charge in [-0.05, 0) is 18.6 Å². The van der Waals surface area contributed by atoms with Crippen LogP contribution < -0.4 is 10.0 Å². The lowest BCUT2D eigenvalue weighted by Crippen LogP contribution is -2.46. The van der Waals surface area contributed by atoms with Gasteiger partial charge in [-0.2, -0.15) is 8.78 Å². The molecule has 0 aliphatic carbocycles. The van der Waals surface area contributed by atoms with Gasteiger partial charge in [0, 0.05) is 0 Å². The predicted molar refractivity (Wildman–Crippen MR) is 72.4 cm³/mol. The Morgan fingerprint density at radius 3 is 2.27 bits per heavy atom. The number of carbonyl (C=O) groups excluding carboxylic acids is 1. The standard InChI is InChI=1S/C12H14F4N2O3S/c1-7(17-11(19)12(15,16)10(13)14)8-5-3-4-6-9(8)18-22(2,20)21/h3-7,10,18H,1-2H3,(H,17,19)/t7-/m1/s1. The molecule has 0 radical (unpaired) electrons. The van der Waals surface area contributed by atoms with Gasteiger partial charge in [-0.3, -0.25) is 9.52 Å². The molecule has 0 heterocycles. The molecule has 1 rings (SSSR count). The first kappa shape index (κ1) is 18.2. The molecule has 10 heteroatoms. The summed E-state index contributed by atoms with van der Waals surface area (Å²) in [6, 6.07) is 4.59. The van der Waals surface area contributed by atoms with Crippen molar-refractivity contribution in [2.75, 3.05) is 11.0 Å². The van der Waals surface area contributed by atoms with Gasteiger partial charge in [0.05, 0.1) is 18.0 Å². The zero-order valence-corrected chi connectivity index (χ0v) is 12.4. The molecule has 0 unspecified atom stereocenters. The van der Waals surface area contributed by atoms with Crippen LogP contribution >= 0.6 is 0 Å². The second-order valence-electron chi connectivity index (χ2n) is 4.58. The first-order valence-corrected chi connectivity index (χ1v) is 7.88. The maximum Gasteiger partial charge on any atom is 0.383 e. The van der Waals surface area contributed by atoms with Crippen LogP contribution in [0.1, 0.15) is 18.5 Å². The lowest BCUT2D eigenvalue weighted by atomic mass is 10.1. The van der Waals surface area contributed by atoms with Gasteiger partial charge in [0.15, 0.2) is 0 Å². The van der Waals surface area contributed by atoms with Crippen LogP contribution in [0.25, 0.3) is 0 Å². The minimum absolute atomic E-state index is 0.0539. The molecular weight excluding hydrogens is 328 g/mol. The van der Waals surface area contributed by atoms with Crippen LogP contribution in [0, 0.1) is 0 Å². The van der Waals surface area contributed by atoms with Crippen LogP contribution in [0.15, 0.2) is 24.3 Å². The Kier molecular flexibility index (Phi) is 5.39. The number of nitrogens with one attached hydrogen (secondary N) is 2. The van der Waals surface area contributed by atoms with Crippen LogP contribution in [0.3, 0.4) is 0 Å². The van der Waals surface area contributed by atoms with Crippen molar-refractivity contribution in [3.8, 4) is 0 Å². The zero-order valence-electron chi connectivity index (χ0n) is 11.6. The summed E-state index contributed by atoms with van der Waals surface area (Å²) in [5.41, 5.74) is 0.213. The number of alkyl halides is 4. The van der Waals surface area contributed by atoms with Crippen molar-refractivity contribution < 1.29 is 30.8 Å². The Balaban J connectivity index is 3.00. The Morgan fingerprint density at radius 1 is 1.23 bits per heavy atom. The summed E-state index contributed by atoms with van der Waals surface area (Å²) in [4.78, 5) is 11.2. The maximum absolute atomic E-state index is 12.9. The molecule has 1 aromatic carbocycles. The maximum atomic E-state index is 12.9. The molecule has 0 bridgehead atoms. The fourth-order valence-electron chi connectivity index (χ4n) is 1.64. The number of hydrogen-bond acceptors (Lipinski definition) is 3. The van der Waals surface area contributed by atoms with Crippen LogP contribution in [0.2, 0.25) is 0 Å². The van der Waals surface area contributed by atoms with Crippen molar-refractivity contribution in [1.82, 2.24) is 5.32 Å². The van der Waals surface area contributed by atoms with Crippen LogP contribution in [0.5, 0.6) is 0 Å². The molecular formula is C12H14F4N2O3S. The van der Waals surface area contributed by atoms with Gasteiger partial charge in [-0.15, -0.1) is 0 Å². The average Bonchev–Trinajstić information content (AvgIpc) is 2.36. The highest BCUT2D eigenvalue weighted by atomic mass is 32.2. The number of para-hydroxylation sites is 1. The van der Waals surface area contributed by atoms with E-state index in [0.717, 1.165) is 6.26 Å². The monoisotopic (exact) mass is 342 g/mol. The van der Waals surface area contributed by atoms with Gasteiger partial charge in [-0.25, -0.2) is 17.2 Å². The van der Waals surface area contributed by atoms with Crippen molar-refractivity contribution in [3.63, 3.8) is 0 Å². The van der Waals surface area contributed by atoms with E-state index >= 15 is 0 Å². The SMILES string of the molecule is C[C@@H](NC(=O)C(F)(F)C(F)F)c1ccccc1NS(C)(=O)=O. The molecule has 0 fully saturated rings. The van der Waals surface area contributed by atoms with Gasteiger partial charge < -0.3 is 5.32 Å². The molecule has 0 spiro atoms.